The summed E-state index contributed by atoms with van der Waals surface area (Å²) in [5, 5.41) is 13.8. The average Bonchev–Trinajstić information content (AvgIpc) is 3.50. The Bertz CT molecular complexity index is 1590. The Balaban J connectivity index is 1.51. The number of nitrogens with one attached hydrogen (secondary N) is 3. The molecule has 0 saturated carbocycles. The quantitative estimate of drug-likeness (QED) is 0.359. The number of H-pyrrole nitrogens is 2. The Morgan fingerprint density at radius 3 is 2.62 bits per heavy atom. The van der Waals surface area contributed by atoms with Crippen molar-refractivity contribution >= 4 is 23.2 Å². The van der Waals surface area contributed by atoms with Gasteiger partial charge in [0.2, 0.25) is 0 Å². The minimum absolute atomic E-state index is 0.328. The molecular formula is C23H21ClN8O2. The first kappa shape index (κ1) is 21.7. The Morgan fingerprint density at radius 1 is 1.18 bits per heavy atom. The van der Waals surface area contributed by atoms with Crippen LogP contribution in [0.2, 0.25) is 5.15 Å². The fourth-order valence-electron chi connectivity index (χ4n) is 3.95. The summed E-state index contributed by atoms with van der Waals surface area (Å²) in [4.78, 5) is 31.4. The molecule has 3 N–H and O–H groups in total. The molecule has 0 aliphatic carbocycles. The highest BCUT2D eigenvalue weighted by atomic mass is 35.5. The summed E-state index contributed by atoms with van der Waals surface area (Å²) in [5.74, 6) is 0.0128. The van der Waals surface area contributed by atoms with Crippen LogP contribution in [-0.2, 0) is 7.05 Å². The summed E-state index contributed by atoms with van der Waals surface area (Å²) in [6, 6.07) is 10.7. The Kier molecular flexibility index (Phi) is 5.29. The van der Waals surface area contributed by atoms with E-state index in [0.29, 0.717) is 27.9 Å². The fourth-order valence-corrected chi connectivity index (χ4v) is 4.24. The number of fused-ring (bicyclic) bond motifs is 1. The van der Waals surface area contributed by atoms with E-state index < -0.39 is 11.7 Å². The number of aryl methyl sites for hydroxylation is 2. The number of hydrogen-bond acceptors (Lipinski definition) is 5. The van der Waals surface area contributed by atoms with Crippen LogP contribution in [0.3, 0.4) is 0 Å². The molecule has 0 aliphatic rings. The summed E-state index contributed by atoms with van der Waals surface area (Å²) in [6.07, 6.45) is 3.68. The van der Waals surface area contributed by atoms with E-state index in [2.05, 4.69) is 25.6 Å². The van der Waals surface area contributed by atoms with Gasteiger partial charge in [0, 0.05) is 36.1 Å². The van der Waals surface area contributed by atoms with E-state index in [1.165, 1.54) is 0 Å². The molecule has 0 radical (unpaired) electrons. The zero-order valence-corrected chi connectivity index (χ0v) is 19.4. The van der Waals surface area contributed by atoms with Crippen LogP contribution < -0.4 is 11.0 Å². The summed E-state index contributed by atoms with van der Waals surface area (Å²) in [5.41, 5.74) is 4.86. The van der Waals surface area contributed by atoms with Gasteiger partial charge in [0.15, 0.2) is 5.82 Å². The van der Waals surface area contributed by atoms with Gasteiger partial charge in [-0.3, -0.25) is 18.9 Å². The summed E-state index contributed by atoms with van der Waals surface area (Å²) < 4.78 is 3.51. The molecule has 10 nitrogen and oxygen atoms in total. The smallest absolute Gasteiger partial charge is 0.340 e. The van der Waals surface area contributed by atoms with Gasteiger partial charge in [0.1, 0.15) is 16.5 Å². The maximum absolute atomic E-state index is 12.8. The van der Waals surface area contributed by atoms with Gasteiger partial charge in [-0.25, -0.2) is 14.9 Å². The van der Waals surface area contributed by atoms with Gasteiger partial charge in [0.25, 0.3) is 5.91 Å². The highest BCUT2D eigenvalue weighted by molar-refractivity contribution is 6.32. The largest absolute Gasteiger partial charge is 0.342 e. The number of imidazole rings is 1. The average molecular weight is 477 g/mol. The normalized spacial score (nSPS) is 12.2. The second-order valence-electron chi connectivity index (χ2n) is 8.00. The van der Waals surface area contributed by atoms with Crippen LogP contribution in [0, 0.1) is 6.92 Å². The number of amides is 1. The molecule has 11 heteroatoms. The lowest BCUT2D eigenvalue weighted by atomic mass is 9.99. The molecule has 5 rings (SSSR count). The molecule has 0 bridgehead atoms. The first-order valence-electron chi connectivity index (χ1n) is 10.5. The van der Waals surface area contributed by atoms with Crippen molar-refractivity contribution in [3.8, 4) is 22.4 Å². The molecule has 1 aromatic carbocycles. The highest BCUT2D eigenvalue weighted by Gasteiger charge is 2.20. The Hall–Kier alpha value is -4.18. The van der Waals surface area contributed by atoms with E-state index in [-0.39, 0.29) is 5.91 Å². The zero-order chi connectivity index (χ0) is 24.0. The molecule has 0 aliphatic heterocycles. The van der Waals surface area contributed by atoms with Gasteiger partial charge in [-0.15, -0.1) is 0 Å². The van der Waals surface area contributed by atoms with Gasteiger partial charge in [-0.1, -0.05) is 35.9 Å². The minimum atomic E-state index is -0.490. The van der Waals surface area contributed by atoms with Crippen LogP contribution in [0.25, 0.3) is 28.0 Å². The lowest BCUT2D eigenvalue weighted by Gasteiger charge is -2.10. The van der Waals surface area contributed by atoms with Crippen molar-refractivity contribution in [2.24, 2.45) is 7.05 Å². The van der Waals surface area contributed by atoms with Crippen LogP contribution in [0.5, 0.6) is 0 Å². The van der Waals surface area contributed by atoms with Gasteiger partial charge in [-0.2, -0.15) is 10.2 Å². The standard InChI is InChI=1S/C23H21ClN8O2/c1-12-17(11-31(3)30-12)15-6-4-5-7-16(15)19-20(24)32-9-8-14(10-18(32)26-19)22(33)25-13(2)21-27-23(34)29-28-21/h4-11,13H,1-3H3,(H,25,33)(H2,27,28,29,34). The van der Waals surface area contributed by atoms with Gasteiger partial charge < -0.3 is 5.32 Å². The fraction of sp³-hybridized carbons (Fsp3) is 0.174. The monoisotopic (exact) mass is 476 g/mol. The third-order valence-electron chi connectivity index (χ3n) is 5.59. The molecule has 0 fully saturated rings. The number of aromatic nitrogens is 7. The van der Waals surface area contributed by atoms with E-state index >= 15 is 0 Å². The summed E-state index contributed by atoms with van der Waals surface area (Å²) >= 11 is 6.73. The van der Waals surface area contributed by atoms with Gasteiger partial charge in [0.05, 0.1) is 11.7 Å². The Labute approximate surface area is 198 Å². The van der Waals surface area contributed by atoms with E-state index in [4.69, 9.17) is 16.6 Å². The molecule has 4 heterocycles. The predicted octanol–water partition coefficient (Wildman–Crippen LogP) is 3.27. The predicted molar refractivity (Wildman–Crippen MR) is 128 cm³/mol. The summed E-state index contributed by atoms with van der Waals surface area (Å²) in [6.45, 7) is 3.69. The molecule has 5 aromatic rings. The zero-order valence-electron chi connectivity index (χ0n) is 18.6. The van der Waals surface area contributed by atoms with Crippen molar-refractivity contribution in [1.29, 1.82) is 0 Å². The number of nitrogens with zero attached hydrogens (tertiary/aromatic N) is 5. The van der Waals surface area contributed by atoms with Crippen LogP contribution in [-0.4, -0.2) is 40.3 Å². The third kappa shape index (κ3) is 3.77. The van der Waals surface area contributed by atoms with Crippen molar-refractivity contribution in [2.75, 3.05) is 0 Å². The molecule has 172 valence electrons. The first-order valence-corrected chi connectivity index (χ1v) is 10.9. The molecule has 4 aromatic heterocycles. The van der Waals surface area contributed by atoms with Crippen LogP contribution >= 0.6 is 11.6 Å². The number of halogens is 1. The van der Waals surface area contributed by atoms with E-state index in [9.17, 15) is 9.59 Å². The van der Waals surface area contributed by atoms with Crippen molar-refractivity contribution in [2.45, 2.75) is 19.9 Å². The Morgan fingerprint density at radius 2 is 1.94 bits per heavy atom. The van der Waals surface area contributed by atoms with E-state index in [1.807, 2.05) is 44.4 Å². The van der Waals surface area contributed by atoms with Crippen molar-refractivity contribution in [3.05, 3.63) is 81.5 Å². The number of rotatable bonds is 5. The third-order valence-corrected chi connectivity index (χ3v) is 5.95. The second kappa shape index (κ2) is 8.31. The van der Waals surface area contributed by atoms with Gasteiger partial charge in [-0.05, 0) is 31.5 Å². The van der Waals surface area contributed by atoms with Crippen LogP contribution in [0.4, 0.5) is 0 Å². The lowest BCUT2D eigenvalue weighted by Crippen LogP contribution is -2.27. The number of hydrogen-bond donors (Lipinski definition) is 3. The second-order valence-corrected chi connectivity index (χ2v) is 8.36. The van der Waals surface area contributed by atoms with Crippen molar-refractivity contribution in [3.63, 3.8) is 0 Å². The molecule has 1 amide bonds. The van der Waals surface area contributed by atoms with Crippen molar-refractivity contribution in [1.82, 2.24) is 39.7 Å². The van der Waals surface area contributed by atoms with Crippen molar-refractivity contribution < 1.29 is 4.79 Å². The number of pyridine rings is 1. The maximum atomic E-state index is 12.8. The van der Waals surface area contributed by atoms with E-state index in [1.54, 1.807) is 34.3 Å². The highest BCUT2D eigenvalue weighted by Crippen LogP contribution is 2.37. The number of benzene rings is 1. The van der Waals surface area contributed by atoms with Crippen LogP contribution in [0.15, 0.2) is 53.6 Å². The molecule has 1 unspecified atom stereocenters. The summed E-state index contributed by atoms with van der Waals surface area (Å²) in [7, 11) is 1.88. The number of carbonyl (C=O) groups is 1. The van der Waals surface area contributed by atoms with Gasteiger partial charge >= 0.3 is 5.69 Å². The maximum Gasteiger partial charge on any atom is 0.340 e. The lowest BCUT2D eigenvalue weighted by molar-refractivity contribution is 0.0938. The number of aromatic amines is 2. The van der Waals surface area contributed by atoms with E-state index in [0.717, 1.165) is 22.4 Å². The molecule has 1 atom stereocenters. The van der Waals surface area contributed by atoms with Crippen LogP contribution in [0.1, 0.15) is 34.8 Å². The minimum Gasteiger partial charge on any atom is -0.342 e. The SMILES string of the molecule is Cc1nn(C)cc1-c1ccccc1-c1nc2cc(C(=O)NC(C)c3n[nH]c(=O)[nH]3)ccn2c1Cl. The molecule has 34 heavy (non-hydrogen) atoms. The first-order chi connectivity index (χ1) is 16.3. The topological polar surface area (TPSA) is 126 Å². The molecular weight excluding hydrogens is 456 g/mol. The molecule has 0 spiro atoms. The molecule has 0 saturated heterocycles. The number of carbonyl (C=O) groups excluding carboxylic acids is 1.